The molecular weight excluding hydrogens is 390 g/mol. The number of hydrogen-bond acceptors (Lipinski definition) is 7. The number of amides is 2. The van der Waals surface area contributed by atoms with Crippen LogP contribution in [0.15, 0.2) is 16.7 Å². The lowest BCUT2D eigenvalue weighted by atomic mass is 10.0. The van der Waals surface area contributed by atoms with E-state index < -0.39 is 0 Å². The Labute approximate surface area is 174 Å². The smallest absolute Gasteiger partial charge is 0.410 e. The number of nitrogens with zero attached hydrogens (tertiary/aromatic N) is 3. The molecule has 2 aromatic heterocycles. The summed E-state index contributed by atoms with van der Waals surface area (Å²) in [7, 11) is 0. The fourth-order valence-electron chi connectivity index (χ4n) is 3.99. The lowest BCUT2D eigenvalue weighted by Gasteiger charge is -2.33. The van der Waals surface area contributed by atoms with Crippen molar-refractivity contribution in [1.29, 1.82) is 0 Å². The third-order valence-corrected chi connectivity index (χ3v) is 5.57. The molecule has 0 unspecified atom stereocenters. The van der Waals surface area contributed by atoms with E-state index in [1.807, 2.05) is 13.0 Å². The number of aromatic amines is 1. The van der Waals surface area contributed by atoms with Crippen LogP contribution < -0.4 is 5.32 Å². The van der Waals surface area contributed by atoms with Crippen LogP contribution in [0.3, 0.4) is 0 Å². The fourth-order valence-corrected chi connectivity index (χ4v) is 3.99. The van der Waals surface area contributed by atoms with Crippen LogP contribution >= 0.6 is 0 Å². The molecule has 2 N–H and O–H groups in total. The fraction of sp³-hybridized carbons (Fsp3) is 0.600. The Kier molecular flexibility index (Phi) is 6.03. The van der Waals surface area contributed by atoms with Crippen molar-refractivity contribution in [1.82, 2.24) is 20.3 Å². The van der Waals surface area contributed by atoms with E-state index in [0.717, 1.165) is 30.7 Å². The molecule has 0 bridgehead atoms. The van der Waals surface area contributed by atoms with Crippen LogP contribution in [0.1, 0.15) is 49.3 Å². The van der Waals surface area contributed by atoms with Crippen molar-refractivity contribution in [3.05, 3.63) is 29.3 Å². The van der Waals surface area contributed by atoms with Crippen molar-refractivity contribution in [2.45, 2.75) is 57.6 Å². The van der Waals surface area contributed by atoms with E-state index in [9.17, 15) is 9.59 Å². The van der Waals surface area contributed by atoms with Crippen molar-refractivity contribution < 1.29 is 23.6 Å². The van der Waals surface area contributed by atoms with E-state index in [2.05, 4.69) is 20.7 Å². The highest BCUT2D eigenvalue weighted by molar-refractivity contribution is 5.91. The number of hydrogen-bond donors (Lipinski definition) is 2. The summed E-state index contributed by atoms with van der Waals surface area (Å²) in [6.45, 7) is 5.42. The number of rotatable bonds is 5. The maximum atomic E-state index is 12.5. The first-order valence-corrected chi connectivity index (χ1v) is 10.3. The van der Waals surface area contributed by atoms with Gasteiger partial charge in [0.15, 0.2) is 5.82 Å². The molecule has 0 radical (unpaired) electrons. The summed E-state index contributed by atoms with van der Waals surface area (Å²) < 4.78 is 16.2. The highest BCUT2D eigenvalue weighted by Crippen LogP contribution is 2.36. The van der Waals surface area contributed by atoms with E-state index in [1.54, 1.807) is 17.9 Å². The number of anilines is 1. The maximum Gasteiger partial charge on any atom is 0.410 e. The topological polar surface area (TPSA) is 123 Å². The van der Waals surface area contributed by atoms with Gasteiger partial charge in [-0.3, -0.25) is 9.89 Å². The van der Waals surface area contributed by atoms with Gasteiger partial charge in [0.25, 0.3) is 0 Å². The summed E-state index contributed by atoms with van der Waals surface area (Å²) in [5.74, 6) is 0.965. The minimum absolute atomic E-state index is 0.0306. The molecule has 2 aromatic rings. The number of H-pyrrole nitrogens is 1. The quantitative estimate of drug-likeness (QED) is 0.766. The molecule has 10 nitrogen and oxygen atoms in total. The normalized spacial score (nSPS) is 24.1. The summed E-state index contributed by atoms with van der Waals surface area (Å²) in [5.41, 5.74) is 1.67. The maximum absolute atomic E-state index is 12.5. The lowest BCUT2D eigenvalue weighted by molar-refractivity contribution is -0.115. The third kappa shape index (κ3) is 4.81. The van der Waals surface area contributed by atoms with E-state index in [4.69, 9.17) is 14.0 Å². The lowest BCUT2D eigenvalue weighted by Crippen LogP contribution is -2.48. The summed E-state index contributed by atoms with van der Waals surface area (Å²) in [5, 5.41) is 13.7. The molecule has 3 heterocycles. The number of aryl methyl sites for hydroxylation is 1. The van der Waals surface area contributed by atoms with Gasteiger partial charge in [-0.2, -0.15) is 5.10 Å². The molecule has 10 heteroatoms. The Bertz CT molecular complexity index is 894. The molecular formula is C20H27N5O5. The summed E-state index contributed by atoms with van der Waals surface area (Å²) in [4.78, 5) is 26.3. The minimum Gasteiger partial charge on any atom is -0.446 e. The molecule has 3 atom stereocenters. The van der Waals surface area contributed by atoms with Crippen molar-refractivity contribution in [3.63, 3.8) is 0 Å². The third-order valence-electron chi connectivity index (χ3n) is 5.57. The van der Waals surface area contributed by atoms with Gasteiger partial charge in [0.1, 0.15) is 11.9 Å². The Hall–Kier alpha value is -2.88. The van der Waals surface area contributed by atoms with Gasteiger partial charge in [0, 0.05) is 30.3 Å². The number of carbonyl (C=O) groups is 2. The molecule has 0 aromatic carbocycles. The molecule has 2 amide bonds. The molecule has 30 heavy (non-hydrogen) atoms. The zero-order valence-electron chi connectivity index (χ0n) is 17.2. The first-order valence-electron chi connectivity index (χ1n) is 10.3. The van der Waals surface area contributed by atoms with Crippen molar-refractivity contribution >= 4 is 17.8 Å². The summed E-state index contributed by atoms with van der Waals surface area (Å²) in [6.07, 6.45) is 2.15. The molecule has 0 spiro atoms. The van der Waals surface area contributed by atoms with Crippen molar-refractivity contribution in [2.24, 2.45) is 0 Å². The van der Waals surface area contributed by atoms with Crippen LogP contribution in [0.25, 0.3) is 0 Å². The zero-order valence-corrected chi connectivity index (χ0v) is 17.2. The molecule has 162 valence electrons. The first kappa shape index (κ1) is 20.4. The monoisotopic (exact) mass is 417 g/mol. The molecule has 1 aliphatic carbocycles. The number of ether oxygens (including phenoxy) is 2. The highest BCUT2D eigenvalue weighted by atomic mass is 16.6. The Morgan fingerprint density at radius 1 is 1.37 bits per heavy atom. The highest BCUT2D eigenvalue weighted by Gasteiger charge is 2.33. The van der Waals surface area contributed by atoms with Gasteiger partial charge in [-0.15, -0.1) is 0 Å². The van der Waals surface area contributed by atoms with Crippen LogP contribution in [0.2, 0.25) is 0 Å². The molecule has 1 saturated carbocycles. The van der Waals surface area contributed by atoms with Gasteiger partial charge in [0.05, 0.1) is 31.4 Å². The number of aromatic nitrogens is 3. The average Bonchev–Trinajstić information content (AvgIpc) is 3.44. The average molecular weight is 417 g/mol. The van der Waals surface area contributed by atoms with E-state index in [0.29, 0.717) is 31.3 Å². The van der Waals surface area contributed by atoms with Crippen LogP contribution in [-0.4, -0.2) is 64.2 Å². The van der Waals surface area contributed by atoms with Crippen LogP contribution in [0.5, 0.6) is 0 Å². The van der Waals surface area contributed by atoms with Gasteiger partial charge in [-0.25, -0.2) is 4.79 Å². The predicted molar refractivity (Wildman–Crippen MR) is 106 cm³/mol. The van der Waals surface area contributed by atoms with Crippen molar-refractivity contribution in [2.75, 3.05) is 25.1 Å². The SMILES string of the molecule is Cc1cc(CC(=O)Nc2cc([C@H]3CC[C@@H](OC(=O)N4CCOC[C@H]4C)C3)[nH]n2)on1. The zero-order chi connectivity index (χ0) is 21.1. The second-order valence-electron chi connectivity index (χ2n) is 8.00. The summed E-state index contributed by atoms with van der Waals surface area (Å²) >= 11 is 0. The van der Waals surface area contributed by atoms with Crippen LogP contribution in [0.4, 0.5) is 10.6 Å². The summed E-state index contributed by atoms with van der Waals surface area (Å²) in [6, 6.07) is 3.60. The molecule has 2 aliphatic rings. The molecule has 1 saturated heterocycles. The largest absolute Gasteiger partial charge is 0.446 e. The van der Waals surface area contributed by atoms with Gasteiger partial charge >= 0.3 is 6.09 Å². The van der Waals surface area contributed by atoms with E-state index >= 15 is 0 Å². The van der Waals surface area contributed by atoms with Crippen molar-refractivity contribution in [3.8, 4) is 0 Å². The van der Waals surface area contributed by atoms with E-state index in [-0.39, 0.29) is 36.5 Å². The predicted octanol–water partition coefficient (Wildman–Crippen LogP) is 2.38. The number of morpholine rings is 1. The number of nitrogens with one attached hydrogen (secondary N) is 2. The van der Waals surface area contributed by atoms with E-state index in [1.165, 1.54) is 0 Å². The van der Waals surface area contributed by atoms with Gasteiger partial charge in [0.2, 0.25) is 5.91 Å². The van der Waals surface area contributed by atoms with Gasteiger partial charge in [-0.1, -0.05) is 5.16 Å². The second kappa shape index (κ2) is 8.86. The van der Waals surface area contributed by atoms with Gasteiger partial charge < -0.3 is 24.2 Å². The Morgan fingerprint density at radius 2 is 2.23 bits per heavy atom. The second-order valence-corrected chi connectivity index (χ2v) is 8.00. The van der Waals surface area contributed by atoms with Gasteiger partial charge in [-0.05, 0) is 33.1 Å². The first-order chi connectivity index (χ1) is 14.5. The molecule has 4 rings (SSSR count). The molecule has 1 aliphatic heterocycles. The minimum atomic E-state index is -0.267. The molecule has 2 fully saturated rings. The number of carbonyl (C=O) groups excluding carboxylic acids is 2. The Morgan fingerprint density at radius 3 is 3.00 bits per heavy atom. The van der Waals surface area contributed by atoms with Crippen LogP contribution in [0, 0.1) is 6.92 Å². The standard InChI is InChI=1S/C20H27N5O5/c1-12-7-16(30-24-12)9-19(26)21-18-10-17(22-23-18)14-3-4-15(8-14)29-20(27)25-5-6-28-11-13(25)2/h7,10,13-15H,3-6,8-9,11H2,1-2H3,(H2,21,22,23,26)/t13-,14+,15-/m1/s1. The van der Waals surface area contributed by atoms with Crippen LogP contribution in [-0.2, 0) is 20.7 Å². The Balaban J connectivity index is 1.27.